The molecule has 1 amide bonds. The quantitative estimate of drug-likeness (QED) is 0.652. The van der Waals surface area contributed by atoms with Gasteiger partial charge < -0.3 is 11.1 Å². The van der Waals surface area contributed by atoms with Crippen molar-refractivity contribution in [3.8, 4) is 0 Å². The van der Waals surface area contributed by atoms with Gasteiger partial charge in [-0.25, -0.2) is 8.42 Å². The highest BCUT2D eigenvalue weighted by Gasteiger charge is 2.19. The van der Waals surface area contributed by atoms with Crippen LogP contribution in [0.15, 0.2) is 0 Å². The van der Waals surface area contributed by atoms with Gasteiger partial charge in [0.15, 0.2) is 9.84 Å². The minimum absolute atomic E-state index is 0.0953. The first-order valence-corrected chi connectivity index (χ1v) is 6.87. The van der Waals surface area contributed by atoms with Gasteiger partial charge >= 0.3 is 0 Å². The Balaban J connectivity index is 4.01. The molecule has 0 spiro atoms. The molecule has 0 aromatic carbocycles. The van der Waals surface area contributed by atoms with Crippen LogP contribution < -0.4 is 11.1 Å². The van der Waals surface area contributed by atoms with Crippen molar-refractivity contribution in [2.45, 2.75) is 20.3 Å². The van der Waals surface area contributed by atoms with Gasteiger partial charge in [0, 0.05) is 12.8 Å². The highest BCUT2D eigenvalue weighted by molar-refractivity contribution is 7.91. The average molecular weight is 236 g/mol. The summed E-state index contributed by atoms with van der Waals surface area (Å²) in [5, 5.41) is 2.59. The lowest BCUT2D eigenvalue weighted by atomic mass is 9.89. The van der Waals surface area contributed by atoms with Gasteiger partial charge in [-0.1, -0.05) is 13.8 Å². The predicted molar refractivity (Wildman–Crippen MR) is 60.2 cm³/mol. The normalized spacial score (nSPS) is 12.5. The van der Waals surface area contributed by atoms with Crippen LogP contribution in [-0.4, -0.2) is 39.4 Å². The van der Waals surface area contributed by atoms with E-state index in [-0.39, 0.29) is 5.41 Å². The Hall–Kier alpha value is -0.620. The van der Waals surface area contributed by atoms with E-state index in [0.717, 1.165) is 12.7 Å². The summed E-state index contributed by atoms with van der Waals surface area (Å²) in [6.45, 7) is 4.94. The van der Waals surface area contributed by atoms with Crippen LogP contribution >= 0.6 is 0 Å². The zero-order chi connectivity index (χ0) is 12.1. The molecule has 3 N–H and O–H groups in total. The molecule has 0 bridgehead atoms. The summed E-state index contributed by atoms with van der Waals surface area (Å²) in [4.78, 5) is 11.2. The van der Waals surface area contributed by atoms with Gasteiger partial charge in [0.1, 0.15) is 5.75 Å². The fourth-order valence-electron chi connectivity index (χ4n) is 1.11. The molecule has 90 valence electrons. The third-order valence-corrected chi connectivity index (χ3v) is 2.77. The largest absolute Gasteiger partial charge is 0.355 e. The van der Waals surface area contributed by atoms with Gasteiger partial charge in [-0.15, -0.1) is 0 Å². The maximum absolute atomic E-state index is 11.2. The SMILES string of the molecule is CC(C)(CCN)CNC(=O)CS(C)(=O)=O. The van der Waals surface area contributed by atoms with Gasteiger partial charge in [-0.05, 0) is 18.4 Å². The number of hydrogen-bond donors (Lipinski definition) is 2. The monoisotopic (exact) mass is 236 g/mol. The summed E-state index contributed by atoms with van der Waals surface area (Å²) < 4.78 is 21.6. The number of nitrogens with one attached hydrogen (secondary N) is 1. The number of sulfone groups is 1. The van der Waals surface area contributed by atoms with E-state index in [1.165, 1.54) is 0 Å². The number of hydrogen-bond acceptors (Lipinski definition) is 4. The van der Waals surface area contributed by atoms with Crippen molar-refractivity contribution in [3.63, 3.8) is 0 Å². The maximum atomic E-state index is 11.2. The van der Waals surface area contributed by atoms with Gasteiger partial charge in [0.2, 0.25) is 5.91 Å². The molecule has 0 aromatic heterocycles. The fraction of sp³-hybridized carbons (Fsp3) is 0.889. The average Bonchev–Trinajstić information content (AvgIpc) is 1.98. The minimum Gasteiger partial charge on any atom is -0.355 e. The molecule has 0 rings (SSSR count). The molecule has 0 saturated heterocycles. The second-order valence-corrected chi connectivity index (χ2v) is 6.69. The molecule has 5 nitrogen and oxygen atoms in total. The topological polar surface area (TPSA) is 89.3 Å². The molecule has 0 atom stereocenters. The number of carbonyl (C=O) groups is 1. The summed E-state index contributed by atoms with van der Waals surface area (Å²) in [5.41, 5.74) is 5.32. The first kappa shape index (κ1) is 14.4. The van der Waals surface area contributed by atoms with Crippen LogP contribution in [0, 0.1) is 5.41 Å². The molecule has 0 aliphatic rings. The van der Waals surface area contributed by atoms with Crippen LogP contribution in [-0.2, 0) is 14.6 Å². The van der Waals surface area contributed by atoms with Crippen molar-refractivity contribution in [3.05, 3.63) is 0 Å². The van der Waals surface area contributed by atoms with Crippen LogP contribution in [0.1, 0.15) is 20.3 Å². The third-order valence-electron chi connectivity index (χ3n) is 1.98. The van der Waals surface area contributed by atoms with Crippen LogP contribution in [0.2, 0.25) is 0 Å². The van der Waals surface area contributed by atoms with E-state index in [1.54, 1.807) is 0 Å². The fourth-order valence-corrected chi connectivity index (χ4v) is 1.68. The van der Waals surface area contributed by atoms with Crippen molar-refractivity contribution in [1.82, 2.24) is 5.32 Å². The summed E-state index contributed by atoms with van der Waals surface area (Å²) in [6.07, 6.45) is 1.82. The lowest BCUT2D eigenvalue weighted by molar-refractivity contribution is -0.119. The van der Waals surface area contributed by atoms with E-state index in [4.69, 9.17) is 5.73 Å². The van der Waals surface area contributed by atoms with E-state index in [9.17, 15) is 13.2 Å². The number of amides is 1. The first-order chi connectivity index (χ1) is 6.66. The Kier molecular flexibility index (Phi) is 5.23. The molecule has 0 aromatic rings. The Bertz CT molecular complexity index is 309. The Morgan fingerprint density at radius 3 is 2.33 bits per heavy atom. The van der Waals surface area contributed by atoms with E-state index in [2.05, 4.69) is 5.32 Å². The summed E-state index contributed by atoms with van der Waals surface area (Å²) >= 11 is 0. The molecule has 0 heterocycles. The van der Waals surface area contributed by atoms with Gasteiger partial charge in [0.05, 0.1) is 0 Å². The van der Waals surface area contributed by atoms with Crippen LogP contribution in [0.4, 0.5) is 0 Å². The molecule has 0 fully saturated rings. The molecule has 0 radical (unpaired) electrons. The predicted octanol–water partition coefficient (Wildman–Crippen LogP) is -0.478. The number of nitrogens with two attached hydrogens (primary N) is 1. The van der Waals surface area contributed by atoms with Crippen molar-refractivity contribution in [2.75, 3.05) is 25.1 Å². The lowest BCUT2D eigenvalue weighted by Crippen LogP contribution is -2.38. The molecule has 0 unspecified atom stereocenters. The summed E-state index contributed by atoms with van der Waals surface area (Å²) in [5.74, 6) is -0.909. The Labute approximate surface area is 91.3 Å². The molecule has 0 saturated carbocycles. The number of carbonyl (C=O) groups excluding carboxylic acids is 1. The second kappa shape index (κ2) is 5.46. The molecule has 6 heteroatoms. The standard InChI is InChI=1S/C9H20N2O3S/c1-9(2,4-5-10)7-11-8(12)6-15(3,13)14/h4-7,10H2,1-3H3,(H,11,12). The van der Waals surface area contributed by atoms with Crippen molar-refractivity contribution >= 4 is 15.7 Å². The summed E-state index contributed by atoms with van der Waals surface area (Å²) in [6, 6.07) is 0. The Morgan fingerprint density at radius 1 is 1.40 bits per heavy atom. The minimum atomic E-state index is -3.24. The highest BCUT2D eigenvalue weighted by atomic mass is 32.2. The molecule has 15 heavy (non-hydrogen) atoms. The van der Waals surface area contributed by atoms with Crippen LogP contribution in [0.3, 0.4) is 0 Å². The highest BCUT2D eigenvalue weighted by Crippen LogP contribution is 2.17. The lowest BCUT2D eigenvalue weighted by Gasteiger charge is -2.23. The first-order valence-electron chi connectivity index (χ1n) is 4.81. The molecular weight excluding hydrogens is 216 g/mol. The Morgan fingerprint density at radius 2 is 1.93 bits per heavy atom. The number of rotatable bonds is 6. The molecule has 0 aliphatic heterocycles. The summed E-state index contributed by atoms with van der Waals surface area (Å²) in [7, 11) is -3.24. The van der Waals surface area contributed by atoms with Crippen LogP contribution in [0.25, 0.3) is 0 Å². The van der Waals surface area contributed by atoms with E-state index >= 15 is 0 Å². The van der Waals surface area contributed by atoms with E-state index < -0.39 is 21.5 Å². The zero-order valence-corrected chi connectivity index (χ0v) is 10.4. The van der Waals surface area contributed by atoms with Crippen molar-refractivity contribution in [1.29, 1.82) is 0 Å². The zero-order valence-electron chi connectivity index (χ0n) is 9.54. The van der Waals surface area contributed by atoms with Crippen molar-refractivity contribution < 1.29 is 13.2 Å². The smallest absolute Gasteiger partial charge is 0.235 e. The molecule has 0 aliphatic carbocycles. The second-order valence-electron chi connectivity index (χ2n) is 4.55. The molecular formula is C9H20N2O3S. The third kappa shape index (κ3) is 8.38. The van der Waals surface area contributed by atoms with Crippen LogP contribution in [0.5, 0.6) is 0 Å². The van der Waals surface area contributed by atoms with Gasteiger partial charge in [0.25, 0.3) is 0 Å². The maximum Gasteiger partial charge on any atom is 0.235 e. The van der Waals surface area contributed by atoms with Gasteiger partial charge in [-0.3, -0.25) is 4.79 Å². The van der Waals surface area contributed by atoms with Gasteiger partial charge in [-0.2, -0.15) is 0 Å². The van der Waals surface area contributed by atoms with Crippen molar-refractivity contribution in [2.24, 2.45) is 11.1 Å². The van der Waals surface area contributed by atoms with E-state index in [1.807, 2.05) is 13.8 Å². The van der Waals surface area contributed by atoms with E-state index in [0.29, 0.717) is 13.1 Å².